The molecule has 1 aromatic rings. The fraction of sp³-hybridized carbons (Fsp3) is 0.200. The smallest absolute Gasteiger partial charge is 0.307 e. The number of thiol groups is 1. The highest BCUT2D eigenvalue weighted by molar-refractivity contribution is 9.08. The summed E-state index contributed by atoms with van der Waals surface area (Å²) < 4.78 is 0. The maximum atomic E-state index is 10.6. The van der Waals surface area contributed by atoms with E-state index in [0.717, 1.165) is 5.56 Å². The maximum absolute atomic E-state index is 10.6. The minimum absolute atomic E-state index is 0.0788. The Balaban J connectivity index is 3.24. The number of benzene rings is 1. The van der Waals surface area contributed by atoms with Gasteiger partial charge in [0.1, 0.15) is 0 Å². The zero-order valence-corrected chi connectivity index (χ0v) is 10.2. The van der Waals surface area contributed by atoms with Gasteiger partial charge in [0.2, 0.25) is 0 Å². The van der Waals surface area contributed by atoms with Crippen LogP contribution in [0.25, 0.3) is 0 Å². The average Bonchev–Trinajstić information content (AvgIpc) is 2.20. The van der Waals surface area contributed by atoms with Crippen LogP contribution in [0.1, 0.15) is 16.7 Å². The third-order valence-corrected chi connectivity index (χ3v) is 3.08. The molecule has 1 rings (SSSR count). The summed E-state index contributed by atoms with van der Waals surface area (Å²) in [5.74, 6) is -0.907. The number of carboxylic acid groups (broad SMARTS) is 1. The maximum Gasteiger partial charge on any atom is 0.307 e. The second kappa shape index (κ2) is 5.19. The lowest BCUT2D eigenvalue weighted by atomic mass is 10.0. The molecule has 0 aliphatic rings. The molecule has 15 heavy (non-hydrogen) atoms. The first-order chi connectivity index (χ1) is 7.10. The Kier molecular flexibility index (Phi) is 4.18. The van der Waals surface area contributed by atoms with Crippen molar-refractivity contribution in [2.24, 2.45) is 0 Å². The number of halogens is 1. The number of carbonyl (C=O) groups is 1. The average molecular weight is 286 g/mol. The molecule has 0 saturated heterocycles. The van der Waals surface area contributed by atoms with Gasteiger partial charge in [-0.3, -0.25) is 4.79 Å². The number of carboxylic acids is 1. The Hall–Kier alpha value is -0.990. The van der Waals surface area contributed by atoms with Crippen LogP contribution in [0.5, 0.6) is 0 Å². The zero-order chi connectivity index (χ0) is 11.4. The molecule has 0 aromatic heterocycles. The lowest BCUT2D eigenvalue weighted by molar-refractivity contribution is -0.136. The van der Waals surface area contributed by atoms with Gasteiger partial charge in [-0.1, -0.05) is 22.0 Å². The van der Waals surface area contributed by atoms with Crippen LogP contribution in [-0.4, -0.2) is 11.1 Å². The normalized spacial score (nSPS) is 9.67. The van der Waals surface area contributed by atoms with Gasteiger partial charge in [-0.05, 0) is 17.2 Å². The van der Waals surface area contributed by atoms with Crippen LogP contribution in [-0.2, 0) is 16.5 Å². The van der Waals surface area contributed by atoms with Gasteiger partial charge in [0.25, 0.3) is 0 Å². The van der Waals surface area contributed by atoms with Crippen LogP contribution in [0.3, 0.4) is 0 Å². The Morgan fingerprint density at radius 3 is 2.73 bits per heavy atom. The van der Waals surface area contributed by atoms with Crippen molar-refractivity contribution in [1.29, 1.82) is 5.26 Å². The number of nitrogens with zero attached hydrogens (tertiary/aromatic N) is 1. The Labute approximate surface area is 101 Å². The number of hydrogen-bond donors (Lipinski definition) is 2. The zero-order valence-electron chi connectivity index (χ0n) is 7.70. The SMILES string of the molecule is N#Cc1ccc(CC(=O)O)c(S)c1CBr. The quantitative estimate of drug-likeness (QED) is 0.662. The molecule has 0 unspecified atom stereocenters. The van der Waals surface area contributed by atoms with Crippen molar-refractivity contribution in [2.75, 3.05) is 0 Å². The Morgan fingerprint density at radius 1 is 1.60 bits per heavy atom. The Morgan fingerprint density at radius 2 is 2.27 bits per heavy atom. The van der Waals surface area contributed by atoms with Crippen LogP contribution >= 0.6 is 28.6 Å². The van der Waals surface area contributed by atoms with E-state index in [1.807, 2.05) is 6.07 Å². The lowest BCUT2D eigenvalue weighted by Gasteiger charge is -2.08. The summed E-state index contributed by atoms with van der Waals surface area (Å²) in [5.41, 5.74) is 1.88. The second-order valence-corrected chi connectivity index (χ2v) is 3.92. The Bertz CT molecular complexity index is 440. The molecule has 0 heterocycles. The van der Waals surface area contributed by atoms with Gasteiger partial charge in [-0.25, -0.2) is 0 Å². The van der Waals surface area contributed by atoms with E-state index in [9.17, 15) is 4.79 Å². The molecule has 0 fully saturated rings. The molecular formula is C10H8BrNO2S. The van der Waals surface area contributed by atoms with Crippen molar-refractivity contribution in [2.45, 2.75) is 16.6 Å². The lowest BCUT2D eigenvalue weighted by Crippen LogP contribution is -2.03. The van der Waals surface area contributed by atoms with E-state index in [-0.39, 0.29) is 6.42 Å². The standard InChI is InChI=1S/C10H8BrNO2S/c11-4-8-7(5-12)2-1-6(10(8)15)3-9(13)14/h1-2,15H,3-4H2,(H,13,14). The van der Waals surface area contributed by atoms with Gasteiger partial charge in [-0.15, -0.1) is 12.6 Å². The molecule has 3 nitrogen and oxygen atoms in total. The monoisotopic (exact) mass is 285 g/mol. The van der Waals surface area contributed by atoms with E-state index in [1.165, 1.54) is 0 Å². The van der Waals surface area contributed by atoms with Crippen molar-refractivity contribution in [3.05, 3.63) is 28.8 Å². The molecule has 0 atom stereocenters. The van der Waals surface area contributed by atoms with E-state index in [2.05, 4.69) is 28.6 Å². The number of nitriles is 1. The van der Waals surface area contributed by atoms with Crippen molar-refractivity contribution < 1.29 is 9.90 Å². The summed E-state index contributed by atoms with van der Waals surface area (Å²) in [4.78, 5) is 11.1. The van der Waals surface area contributed by atoms with Gasteiger partial charge in [0.05, 0.1) is 18.1 Å². The number of aliphatic carboxylic acids is 1. The highest BCUT2D eigenvalue weighted by atomic mass is 79.9. The molecule has 0 saturated carbocycles. The number of hydrogen-bond acceptors (Lipinski definition) is 3. The molecule has 1 N–H and O–H groups in total. The molecule has 0 aliphatic carbocycles. The van der Waals surface area contributed by atoms with Gasteiger partial charge in [0.15, 0.2) is 0 Å². The molecule has 5 heteroatoms. The van der Waals surface area contributed by atoms with Crippen molar-refractivity contribution in [1.82, 2.24) is 0 Å². The van der Waals surface area contributed by atoms with E-state index >= 15 is 0 Å². The molecule has 0 bridgehead atoms. The fourth-order valence-electron chi connectivity index (χ4n) is 1.23. The van der Waals surface area contributed by atoms with Gasteiger partial charge < -0.3 is 5.11 Å². The summed E-state index contributed by atoms with van der Waals surface area (Å²) in [6.45, 7) is 0. The largest absolute Gasteiger partial charge is 0.481 e. The molecule has 0 radical (unpaired) electrons. The molecule has 1 aromatic carbocycles. The van der Waals surface area contributed by atoms with Gasteiger partial charge in [0, 0.05) is 10.2 Å². The van der Waals surface area contributed by atoms with E-state index in [4.69, 9.17) is 10.4 Å². The summed E-state index contributed by atoms with van der Waals surface area (Å²) >= 11 is 7.50. The third-order valence-electron chi connectivity index (χ3n) is 1.96. The number of rotatable bonds is 3. The van der Waals surface area contributed by atoms with Crippen LogP contribution < -0.4 is 0 Å². The van der Waals surface area contributed by atoms with Crippen LogP contribution in [0.2, 0.25) is 0 Å². The summed E-state index contributed by atoms with van der Waals surface area (Å²) in [7, 11) is 0. The molecule has 0 spiro atoms. The van der Waals surface area contributed by atoms with E-state index < -0.39 is 5.97 Å². The molecule has 78 valence electrons. The predicted octanol–water partition coefficient (Wildman–Crippen LogP) is 2.37. The fourth-order valence-corrected chi connectivity index (χ4v) is 2.38. The first-order valence-electron chi connectivity index (χ1n) is 4.11. The molecule has 0 amide bonds. The highest BCUT2D eigenvalue weighted by Crippen LogP contribution is 2.25. The summed E-state index contributed by atoms with van der Waals surface area (Å²) in [5, 5.41) is 18.0. The van der Waals surface area contributed by atoms with Crippen LogP contribution in [0, 0.1) is 11.3 Å². The van der Waals surface area contributed by atoms with Gasteiger partial charge >= 0.3 is 5.97 Å². The summed E-state index contributed by atoms with van der Waals surface area (Å²) in [6.07, 6.45) is -0.0788. The van der Waals surface area contributed by atoms with Crippen LogP contribution in [0.4, 0.5) is 0 Å². The summed E-state index contributed by atoms with van der Waals surface area (Å²) in [6, 6.07) is 5.29. The van der Waals surface area contributed by atoms with Crippen molar-refractivity contribution in [3.63, 3.8) is 0 Å². The molecular weight excluding hydrogens is 278 g/mol. The highest BCUT2D eigenvalue weighted by Gasteiger charge is 2.11. The van der Waals surface area contributed by atoms with Crippen LogP contribution in [0.15, 0.2) is 17.0 Å². The van der Waals surface area contributed by atoms with E-state index in [1.54, 1.807) is 12.1 Å². The third kappa shape index (κ3) is 2.74. The molecule has 0 aliphatic heterocycles. The van der Waals surface area contributed by atoms with Crippen molar-refractivity contribution in [3.8, 4) is 6.07 Å². The first kappa shape index (κ1) is 12.1. The van der Waals surface area contributed by atoms with E-state index in [0.29, 0.717) is 21.4 Å². The number of alkyl halides is 1. The van der Waals surface area contributed by atoms with Gasteiger partial charge in [-0.2, -0.15) is 5.26 Å². The van der Waals surface area contributed by atoms with Crippen molar-refractivity contribution >= 4 is 34.5 Å². The minimum Gasteiger partial charge on any atom is -0.481 e. The predicted molar refractivity (Wildman–Crippen MR) is 62.4 cm³/mol. The minimum atomic E-state index is -0.907. The topological polar surface area (TPSA) is 61.1 Å². The second-order valence-electron chi connectivity index (χ2n) is 2.92. The first-order valence-corrected chi connectivity index (χ1v) is 5.68.